The summed E-state index contributed by atoms with van der Waals surface area (Å²) in [5.74, 6) is 1.03. The van der Waals surface area contributed by atoms with Gasteiger partial charge in [0.1, 0.15) is 0 Å². The van der Waals surface area contributed by atoms with Crippen molar-refractivity contribution in [2.75, 3.05) is 13.1 Å². The van der Waals surface area contributed by atoms with Crippen LogP contribution >= 0.6 is 0 Å². The summed E-state index contributed by atoms with van der Waals surface area (Å²) in [6, 6.07) is 4.42. The highest BCUT2D eigenvalue weighted by Gasteiger charge is 2.24. The van der Waals surface area contributed by atoms with Gasteiger partial charge in [-0.2, -0.15) is 0 Å². The van der Waals surface area contributed by atoms with Crippen LogP contribution in [0.5, 0.6) is 0 Å². The lowest BCUT2D eigenvalue weighted by Gasteiger charge is -2.33. The van der Waals surface area contributed by atoms with E-state index in [1.54, 1.807) is 0 Å². The molecule has 0 atom stereocenters. The van der Waals surface area contributed by atoms with Crippen LogP contribution in [0.4, 0.5) is 0 Å². The van der Waals surface area contributed by atoms with Gasteiger partial charge in [-0.05, 0) is 55.9 Å². The molecule has 1 aliphatic rings. The molecule has 0 spiro atoms. The van der Waals surface area contributed by atoms with E-state index in [-0.39, 0.29) is 5.92 Å². The lowest BCUT2D eigenvalue weighted by Crippen LogP contribution is -2.41. The third kappa shape index (κ3) is 3.26. The van der Waals surface area contributed by atoms with Crippen LogP contribution < -0.4 is 0 Å². The van der Waals surface area contributed by atoms with E-state index in [2.05, 4.69) is 35.5 Å². The molecular formula is C19H27N3O. The summed E-state index contributed by atoms with van der Waals surface area (Å²) in [6.07, 6.45) is 4.14. The minimum absolute atomic E-state index is 0.107. The molecule has 0 radical (unpaired) electrons. The van der Waals surface area contributed by atoms with E-state index < -0.39 is 0 Å². The van der Waals surface area contributed by atoms with Crippen molar-refractivity contribution in [3.63, 3.8) is 0 Å². The molecular weight excluding hydrogens is 286 g/mol. The van der Waals surface area contributed by atoms with Gasteiger partial charge in [-0.15, -0.1) is 0 Å². The Morgan fingerprint density at radius 1 is 1.22 bits per heavy atom. The number of amides is 1. The Balaban J connectivity index is 1.67. The summed E-state index contributed by atoms with van der Waals surface area (Å²) in [4.78, 5) is 18.7. The molecule has 1 aliphatic heterocycles. The predicted molar refractivity (Wildman–Crippen MR) is 93.3 cm³/mol. The summed E-state index contributed by atoms with van der Waals surface area (Å²) in [5, 5.41) is 0. The molecule has 124 valence electrons. The van der Waals surface area contributed by atoms with E-state index in [0.29, 0.717) is 11.8 Å². The van der Waals surface area contributed by atoms with Crippen molar-refractivity contribution in [1.82, 2.24) is 14.5 Å². The molecule has 23 heavy (non-hydrogen) atoms. The topological polar surface area (TPSA) is 38.1 Å². The smallest absolute Gasteiger partial charge is 0.225 e. The molecule has 3 rings (SSSR count). The number of piperidine rings is 1. The molecule has 0 bridgehead atoms. The van der Waals surface area contributed by atoms with Crippen LogP contribution in [-0.2, 0) is 11.3 Å². The first-order valence-corrected chi connectivity index (χ1v) is 8.66. The third-order valence-electron chi connectivity index (χ3n) is 5.11. The average Bonchev–Trinajstić information content (AvgIpc) is 2.90. The molecule has 0 saturated carbocycles. The van der Waals surface area contributed by atoms with Gasteiger partial charge >= 0.3 is 0 Å². The van der Waals surface area contributed by atoms with Gasteiger partial charge in [0.2, 0.25) is 5.91 Å². The molecule has 0 N–H and O–H groups in total. The van der Waals surface area contributed by atoms with Gasteiger partial charge in [0, 0.05) is 25.6 Å². The second-order valence-electron chi connectivity index (χ2n) is 7.25. The minimum Gasteiger partial charge on any atom is -0.342 e. The SMILES string of the molecule is Cc1cc2ncn(CC3CCN(C(=O)C(C)C)CC3)c2cc1C. The number of aromatic nitrogens is 2. The van der Waals surface area contributed by atoms with Crippen molar-refractivity contribution in [3.05, 3.63) is 29.6 Å². The fourth-order valence-corrected chi connectivity index (χ4v) is 3.44. The van der Waals surface area contributed by atoms with E-state index in [1.807, 2.05) is 25.1 Å². The van der Waals surface area contributed by atoms with Crippen LogP contribution in [0, 0.1) is 25.7 Å². The van der Waals surface area contributed by atoms with Crippen LogP contribution in [0.3, 0.4) is 0 Å². The second-order valence-corrected chi connectivity index (χ2v) is 7.25. The predicted octanol–water partition coefficient (Wildman–Crippen LogP) is 3.55. The summed E-state index contributed by atoms with van der Waals surface area (Å²) in [7, 11) is 0. The van der Waals surface area contributed by atoms with Gasteiger partial charge in [-0.1, -0.05) is 13.8 Å². The van der Waals surface area contributed by atoms with E-state index in [0.717, 1.165) is 38.0 Å². The molecule has 4 heteroatoms. The van der Waals surface area contributed by atoms with Gasteiger partial charge in [0.25, 0.3) is 0 Å². The number of fused-ring (bicyclic) bond motifs is 1. The normalized spacial score (nSPS) is 16.5. The van der Waals surface area contributed by atoms with E-state index in [4.69, 9.17) is 0 Å². The second kappa shape index (κ2) is 6.34. The Bertz CT molecular complexity index is 709. The van der Waals surface area contributed by atoms with Crippen molar-refractivity contribution in [2.24, 2.45) is 11.8 Å². The Hall–Kier alpha value is -1.84. The Kier molecular flexibility index (Phi) is 4.42. The van der Waals surface area contributed by atoms with Gasteiger partial charge in [-0.3, -0.25) is 4.79 Å². The number of aryl methyl sites for hydroxylation is 2. The lowest BCUT2D eigenvalue weighted by molar-refractivity contribution is -0.135. The maximum atomic E-state index is 12.1. The van der Waals surface area contributed by atoms with E-state index >= 15 is 0 Å². The first-order chi connectivity index (χ1) is 11.0. The minimum atomic E-state index is 0.107. The first kappa shape index (κ1) is 16.0. The van der Waals surface area contributed by atoms with Gasteiger partial charge < -0.3 is 9.47 Å². The average molecular weight is 313 g/mol. The summed E-state index contributed by atoms with van der Waals surface area (Å²) < 4.78 is 2.28. The Labute approximate surface area is 138 Å². The fourth-order valence-electron chi connectivity index (χ4n) is 3.44. The molecule has 0 aliphatic carbocycles. The van der Waals surface area contributed by atoms with Gasteiger partial charge in [0.15, 0.2) is 0 Å². The fraction of sp³-hybridized carbons (Fsp3) is 0.579. The maximum Gasteiger partial charge on any atom is 0.225 e. The quantitative estimate of drug-likeness (QED) is 0.869. The lowest BCUT2D eigenvalue weighted by atomic mass is 9.95. The highest BCUT2D eigenvalue weighted by molar-refractivity contribution is 5.78. The van der Waals surface area contributed by atoms with Crippen molar-refractivity contribution in [1.29, 1.82) is 0 Å². The molecule has 2 aromatic rings. The molecule has 1 aromatic heterocycles. The molecule has 2 heterocycles. The zero-order valence-electron chi connectivity index (χ0n) is 14.7. The largest absolute Gasteiger partial charge is 0.342 e. The number of carbonyl (C=O) groups is 1. The van der Waals surface area contributed by atoms with Crippen LogP contribution in [-0.4, -0.2) is 33.4 Å². The number of hydrogen-bond acceptors (Lipinski definition) is 2. The highest BCUT2D eigenvalue weighted by Crippen LogP contribution is 2.24. The number of benzene rings is 1. The zero-order valence-corrected chi connectivity index (χ0v) is 14.7. The summed E-state index contributed by atoms with van der Waals surface area (Å²) in [6.45, 7) is 11.0. The van der Waals surface area contributed by atoms with Crippen molar-refractivity contribution in [3.8, 4) is 0 Å². The summed E-state index contributed by atoms with van der Waals surface area (Å²) in [5.41, 5.74) is 4.93. The van der Waals surface area contributed by atoms with Crippen LogP contribution in [0.15, 0.2) is 18.5 Å². The number of nitrogens with zero attached hydrogens (tertiary/aromatic N) is 3. The van der Waals surface area contributed by atoms with Crippen LogP contribution in [0.1, 0.15) is 37.8 Å². The molecule has 1 fully saturated rings. The number of carbonyl (C=O) groups excluding carboxylic acids is 1. The van der Waals surface area contributed by atoms with E-state index in [1.165, 1.54) is 16.6 Å². The molecule has 1 amide bonds. The standard InChI is InChI=1S/C19H27N3O/c1-13(2)19(23)21-7-5-16(6-8-21)11-22-12-20-17-9-14(3)15(4)10-18(17)22/h9-10,12-13,16H,5-8,11H2,1-4H3. The van der Waals surface area contributed by atoms with Crippen molar-refractivity contribution < 1.29 is 4.79 Å². The maximum absolute atomic E-state index is 12.1. The van der Waals surface area contributed by atoms with Gasteiger partial charge in [0.05, 0.1) is 17.4 Å². The molecule has 1 saturated heterocycles. The number of likely N-dealkylation sites (tertiary alicyclic amines) is 1. The Morgan fingerprint density at radius 3 is 2.52 bits per heavy atom. The third-order valence-corrected chi connectivity index (χ3v) is 5.11. The van der Waals surface area contributed by atoms with Crippen molar-refractivity contribution >= 4 is 16.9 Å². The molecule has 1 aromatic carbocycles. The van der Waals surface area contributed by atoms with Crippen molar-refractivity contribution in [2.45, 2.75) is 47.1 Å². The van der Waals surface area contributed by atoms with Crippen LogP contribution in [0.25, 0.3) is 11.0 Å². The Morgan fingerprint density at radius 2 is 1.87 bits per heavy atom. The van der Waals surface area contributed by atoms with Gasteiger partial charge in [-0.25, -0.2) is 4.98 Å². The summed E-state index contributed by atoms with van der Waals surface area (Å²) >= 11 is 0. The zero-order chi connectivity index (χ0) is 16.6. The first-order valence-electron chi connectivity index (χ1n) is 8.66. The number of hydrogen-bond donors (Lipinski definition) is 0. The highest BCUT2D eigenvalue weighted by atomic mass is 16.2. The number of imidazole rings is 1. The van der Waals surface area contributed by atoms with E-state index in [9.17, 15) is 4.79 Å². The molecule has 0 unspecified atom stereocenters. The number of rotatable bonds is 3. The monoisotopic (exact) mass is 313 g/mol. The molecule has 4 nitrogen and oxygen atoms in total. The van der Waals surface area contributed by atoms with Crippen LogP contribution in [0.2, 0.25) is 0 Å².